The molecule has 1 N–H and O–H groups in total. The molecule has 0 aliphatic carbocycles. The van der Waals surface area contributed by atoms with E-state index in [4.69, 9.17) is 14.2 Å². The van der Waals surface area contributed by atoms with E-state index < -0.39 is 0 Å². The van der Waals surface area contributed by atoms with Crippen LogP contribution in [0.25, 0.3) is 0 Å². The second kappa shape index (κ2) is 12.5. The van der Waals surface area contributed by atoms with Crippen LogP contribution in [0.2, 0.25) is 0 Å². The first-order chi connectivity index (χ1) is 17.2. The van der Waals surface area contributed by atoms with Gasteiger partial charge >= 0.3 is 0 Å². The maximum Gasteiger partial charge on any atom is 0.272 e. The van der Waals surface area contributed by atoms with E-state index in [0.29, 0.717) is 35.8 Å². The van der Waals surface area contributed by atoms with Crippen LogP contribution < -0.4 is 10.1 Å². The number of nitrogens with one attached hydrogen (secondary N) is 1. The third kappa shape index (κ3) is 6.58. The molecule has 1 aliphatic heterocycles. The number of methoxy groups -OCH3 is 2. The Morgan fingerprint density at radius 3 is 2.61 bits per heavy atom. The van der Waals surface area contributed by atoms with Crippen molar-refractivity contribution in [2.24, 2.45) is 5.92 Å². The molecule has 1 aromatic heterocycles. The summed E-state index contributed by atoms with van der Waals surface area (Å²) in [5.41, 5.74) is 1.16. The number of anilines is 1. The second-order valence-electron chi connectivity index (χ2n) is 8.96. The highest BCUT2D eigenvalue weighted by Crippen LogP contribution is 2.27. The number of fused-ring (bicyclic) bond motifs is 1. The molecule has 1 aliphatic rings. The molecular formula is C26H34N4O6. The summed E-state index contributed by atoms with van der Waals surface area (Å²) in [5, 5.41) is 2.73. The van der Waals surface area contributed by atoms with Crippen LogP contribution in [0.15, 0.2) is 42.6 Å². The van der Waals surface area contributed by atoms with Crippen LogP contribution in [0.1, 0.15) is 34.7 Å². The van der Waals surface area contributed by atoms with Gasteiger partial charge in [-0.2, -0.15) is 0 Å². The Balaban J connectivity index is 1.97. The van der Waals surface area contributed by atoms with Crippen LogP contribution >= 0.6 is 0 Å². The smallest absolute Gasteiger partial charge is 0.272 e. The van der Waals surface area contributed by atoms with Gasteiger partial charge in [0.1, 0.15) is 24.7 Å². The lowest BCUT2D eigenvalue weighted by Crippen LogP contribution is -2.48. The fourth-order valence-electron chi connectivity index (χ4n) is 4.10. The quantitative estimate of drug-likeness (QED) is 0.674. The Labute approximate surface area is 211 Å². The molecule has 0 saturated carbocycles. The molecule has 0 bridgehead atoms. The second-order valence-corrected chi connectivity index (χ2v) is 8.96. The standard InChI is InChI=1S/C26H34N4O6/c1-17-13-30(26(33)21-8-6-7-11-27-21)18(2)15-36-22-12-19(28-24(31)16-34-4)9-10-20(22)25(32)29(3)14-23(17)35-5/h6-12,17-18,23H,13-16H2,1-5H3,(H,28,31)/t17-,18-,23+/m1/s1. The van der Waals surface area contributed by atoms with Gasteiger partial charge in [0.25, 0.3) is 11.8 Å². The van der Waals surface area contributed by atoms with Crippen LogP contribution in [0.4, 0.5) is 5.69 Å². The van der Waals surface area contributed by atoms with Crippen LogP contribution in [0.5, 0.6) is 5.75 Å². The first-order valence-electron chi connectivity index (χ1n) is 11.8. The molecule has 36 heavy (non-hydrogen) atoms. The van der Waals surface area contributed by atoms with Crippen LogP contribution in [-0.4, -0.2) is 92.2 Å². The van der Waals surface area contributed by atoms with Gasteiger partial charge in [-0.25, -0.2) is 0 Å². The predicted molar refractivity (Wildman–Crippen MR) is 134 cm³/mol. The summed E-state index contributed by atoms with van der Waals surface area (Å²) in [6, 6.07) is 9.74. The number of ether oxygens (including phenoxy) is 3. The van der Waals surface area contributed by atoms with Gasteiger partial charge in [-0.15, -0.1) is 0 Å². The maximum atomic E-state index is 13.4. The van der Waals surface area contributed by atoms with Gasteiger partial charge in [-0.1, -0.05) is 13.0 Å². The number of pyridine rings is 1. The summed E-state index contributed by atoms with van der Waals surface area (Å²) < 4.78 is 16.7. The van der Waals surface area contributed by atoms with Gasteiger partial charge in [-0.3, -0.25) is 19.4 Å². The first kappa shape index (κ1) is 27.1. The number of hydrogen-bond donors (Lipinski definition) is 1. The molecule has 0 spiro atoms. The van der Waals surface area contributed by atoms with E-state index in [-0.39, 0.29) is 49.0 Å². The average Bonchev–Trinajstić information content (AvgIpc) is 2.88. The summed E-state index contributed by atoms with van der Waals surface area (Å²) in [7, 11) is 4.74. The molecule has 10 nitrogen and oxygen atoms in total. The monoisotopic (exact) mass is 498 g/mol. The SMILES string of the molecule is COCC(=O)Nc1ccc2c(c1)OC[C@@H](C)N(C(=O)c1ccccn1)C[C@@H](C)[C@@H](OC)CN(C)C2=O. The van der Waals surface area contributed by atoms with Gasteiger partial charge in [0.05, 0.1) is 17.7 Å². The zero-order valence-electron chi connectivity index (χ0n) is 21.4. The lowest BCUT2D eigenvalue weighted by atomic mass is 10.0. The minimum atomic E-state index is -0.341. The maximum absolute atomic E-state index is 13.4. The lowest BCUT2D eigenvalue weighted by molar-refractivity contribution is -0.119. The van der Waals surface area contributed by atoms with E-state index in [1.807, 2.05) is 13.8 Å². The van der Waals surface area contributed by atoms with Crippen molar-refractivity contribution in [3.05, 3.63) is 53.9 Å². The molecule has 3 atom stereocenters. The molecule has 2 aromatic rings. The Bertz CT molecular complexity index is 1060. The van der Waals surface area contributed by atoms with Crippen molar-refractivity contribution in [1.82, 2.24) is 14.8 Å². The van der Waals surface area contributed by atoms with Gasteiger partial charge < -0.3 is 29.3 Å². The topological polar surface area (TPSA) is 110 Å². The first-order valence-corrected chi connectivity index (χ1v) is 11.8. The van der Waals surface area contributed by atoms with Gasteiger partial charge in [0, 0.05) is 58.2 Å². The van der Waals surface area contributed by atoms with Gasteiger partial charge in [-0.05, 0) is 31.2 Å². The van der Waals surface area contributed by atoms with E-state index in [9.17, 15) is 14.4 Å². The number of hydrogen-bond acceptors (Lipinski definition) is 7. The molecule has 0 saturated heterocycles. The predicted octanol–water partition coefficient (Wildman–Crippen LogP) is 2.31. The Kier molecular flexibility index (Phi) is 9.38. The number of amides is 3. The summed E-state index contributed by atoms with van der Waals surface area (Å²) >= 11 is 0. The van der Waals surface area contributed by atoms with E-state index >= 15 is 0 Å². The van der Waals surface area contributed by atoms with Gasteiger partial charge in [0.2, 0.25) is 5.91 Å². The van der Waals surface area contributed by atoms with Crippen molar-refractivity contribution in [2.75, 3.05) is 52.9 Å². The number of nitrogens with zero attached hydrogens (tertiary/aromatic N) is 3. The minimum absolute atomic E-state index is 0.0716. The van der Waals surface area contributed by atoms with E-state index in [1.165, 1.54) is 7.11 Å². The number of aromatic nitrogens is 1. The van der Waals surface area contributed by atoms with Crippen LogP contribution in [-0.2, 0) is 14.3 Å². The molecule has 194 valence electrons. The van der Waals surface area contributed by atoms with E-state index in [1.54, 1.807) is 66.6 Å². The molecule has 3 amide bonds. The molecule has 0 radical (unpaired) electrons. The normalized spacial score (nSPS) is 21.0. The fourth-order valence-corrected chi connectivity index (χ4v) is 4.10. The van der Waals surface area contributed by atoms with Crippen LogP contribution in [0, 0.1) is 5.92 Å². The minimum Gasteiger partial charge on any atom is -0.491 e. The van der Waals surface area contributed by atoms with Crippen molar-refractivity contribution in [3.8, 4) is 5.75 Å². The Hall–Kier alpha value is -3.50. The molecule has 2 heterocycles. The number of benzene rings is 1. The highest BCUT2D eigenvalue weighted by Gasteiger charge is 2.31. The zero-order valence-corrected chi connectivity index (χ0v) is 21.4. The third-order valence-corrected chi connectivity index (χ3v) is 6.15. The largest absolute Gasteiger partial charge is 0.491 e. The molecule has 3 rings (SSSR count). The molecule has 0 fully saturated rings. The molecule has 10 heteroatoms. The Morgan fingerprint density at radius 1 is 1.17 bits per heavy atom. The Morgan fingerprint density at radius 2 is 1.94 bits per heavy atom. The number of likely N-dealkylation sites (N-methyl/N-ethyl adjacent to an activating group) is 1. The van der Waals surface area contributed by atoms with Crippen molar-refractivity contribution in [2.45, 2.75) is 26.0 Å². The fraction of sp³-hybridized carbons (Fsp3) is 0.462. The van der Waals surface area contributed by atoms with Crippen molar-refractivity contribution < 1.29 is 28.6 Å². The number of carbonyl (C=O) groups is 3. The van der Waals surface area contributed by atoms with E-state index in [2.05, 4.69) is 10.3 Å². The third-order valence-electron chi connectivity index (χ3n) is 6.15. The number of rotatable bonds is 5. The molecule has 1 aromatic carbocycles. The highest BCUT2D eigenvalue weighted by atomic mass is 16.5. The molecule has 0 unspecified atom stereocenters. The summed E-state index contributed by atoms with van der Waals surface area (Å²) in [6.07, 6.45) is 1.28. The highest BCUT2D eigenvalue weighted by molar-refractivity contribution is 5.98. The van der Waals surface area contributed by atoms with Crippen molar-refractivity contribution >= 4 is 23.4 Å². The lowest BCUT2D eigenvalue weighted by Gasteiger charge is -2.36. The molecular weight excluding hydrogens is 464 g/mol. The van der Waals surface area contributed by atoms with E-state index in [0.717, 1.165) is 0 Å². The average molecular weight is 499 g/mol. The number of carbonyl (C=O) groups excluding carboxylic acids is 3. The zero-order chi connectivity index (χ0) is 26.2. The van der Waals surface area contributed by atoms with Gasteiger partial charge in [0.15, 0.2) is 0 Å². The van der Waals surface area contributed by atoms with Crippen LogP contribution in [0.3, 0.4) is 0 Å². The summed E-state index contributed by atoms with van der Waals surface area (Å²) in [5.74, 6) is -0.537. The van der Waals surface area contributed by atoms with Crippen molar-refractivity contribution in [1.29, 1.82) is 0 Å². The summed E-state index contributed by atoms with van der Waals surface area (Å²) in [4.78, 5) is 46.2. The van der Waals surface area contributed by atoms with Crippen molar-refractivity contribution in [3.63, 3.8) is 0 Å². The summed E-state index contributed by atoms with van der Waals surface area (Å²) in [6.45, 7) is 4.62.